The molecule has 1 fully saturated rings. The van der Waals surface area contributed by atoms with Gasteiger partial charge in [-0.05, 0) is 48.9 Å². The van der Waals surface area contributed by atoms with Crippen LogP contribution in [0.5, 0.6) is 0 Å². The van der Waals surface area contributed by atoms with Gasteiger partial charge in [-0.15, -0.1) is 23.7 Å². The monoisotopic (exact) mass is 436 g/mol. The van der Waals surface area contributed by atoms with Gasteiger partial charge in [-0.3, -0.25) is 9.48 Å². The Hall–Kier alpha value is -1.86. The minimum atomic E-state index is -0.0268. The topological polar surface area (TPSA) is 59.0 Å². The first kappa shape index (κ1) is 20.9. The van der Waals surface area contributed by atoms with Gasteiger partial charge in [0.15, 0.2) is 0 Å². The molecule has 28 heavy (non-hydrogen) atoms. The summed E-state index contributed by atoms with van der Waals surface area (Å²) in [4.78, 5) is 14.6. The summed E-state index contributed by atoms with van der Waals surface area (Å²) in [6.07, 6.45) is 2.75. The predicted molar refractivity (Wildman–Crippen MR) is 117 cm³/mol. The molecule has 0 spiro atoms. The van der Waals surface area contributed by atoms with Crippen molar-refractivity contribution in [2.75, 3.05) is 13.1 Å². The third-order valence-electron chi connectivity index (χ3n) is 5.00. The van der Waals surface area contributed by atoms with Gasteiger partial charge in [-0.1, -0.05) is 23.7 Å². The van der Waals surface area contributed by atoms with Crippen LogP contribution in [0.15, 0.2) is 48.7 Å². The van der Waals surface area contributed by atoms with E-state index in [1.807, 2.05) is 42.1 Å². The summed E-state index contributed by atoms with van der Waals surface area (Å²) < 4.78 is 1.81. The molecular formula is C20H22Cl2N4OS. The smallest absolute Gasteiger partial charge is 0.261 e. The van der Waals surface area contributed by atoms with Crippen LogP contribution < -0.4 is 10.6 Å². The highest BCUT2D eigenvalue weighted by Gasteiger charge is 2.28. The van der Waals surface area contributed by atoms with E-state index >= 15 is 0 Å². The SMILES string of the molecule is Cl.Cn1nccc1-c1ccc(C(=O)N[C@@H]2CNCC[C@H]2c2ccc(Cl)cc2)s1. The van der Waals surface area contributed by atoms with Gasteiger partial charge in [0.25, 0.3) is 5.91 Å². The zero-order valence-electron chi connectivity index (χ0n) is 15.4. The molecule has 2 N–H and O–H groups in total. The molecule has 0 unspecified atom stereocenters. The van der Waals surface area contributed by atoms with E-state index in [0.29, 0.717) is 4.88 Å². The molecule has 5 nitrogen and oxygen atoms in total. The first-order valence-corrected chi connectivity index (χ1v) is 10.2. The molecule has 1 aromatic carbocycles. The van der Waals surface area contributed by atoms with Crippen molar-refractivity contribution in [3.8, 4) is 10.6 Å². The molecule has 8 heteroatoms. The van der Waals surface area contributed by atoms with Crippen LogP contribution >= 0.6 is 35.3 Å². The van der Waals surface area contributed by atoms with E-state index in [0.717, 1.165) is 35.1 Å². The Labute approximate surface area is 179 Å². The summed E-state index contributed by atoms with van der Waals surface area (Å²) in [6, 6.07) is 13.8. The number of carbonyl (C=O) groups is 1. The van der Waals surface area contributed by atoms with Gasteiger partial charge in [0.05, 0.1) is 15.4 Å². The van der Waals surface area contributed by atoms with Crippen LogP contribution in [0.4, 0.5) is 0 Å². The lowest BCUT2D eigenvalue weighted by Crippen LogP contribution is -2.49. The number of halogens is 2. The predicted octanol–water partition coefficient (Wildman–Crippen LogP) is 4.10. The Kier molecular flexibility index (Phi) is 6.78. The van der Waals surface area contributed by atoms with Crippen LogP contribution in [0.3, 0.4) is 0 Å². The van der Waals surface area contributed by atoms with Crippen LogP contribution in [-0.2, 0) is 7.05 Å². The summed E-state index contributed by atoms with van der Waals surface area (Å²) in [5.74, 6) is 0.255. The number of aromatic nitrogens is 2. The summed E-state index contributed by atoms with van der Waals surface area (Å²) in [5, 5.41) is 11.5. The molecule has 4 rings (SSSR count). The molecule has 1 aliphatic heterocycles. The fourth-order valence-corrected chi connectivity index (χ4v) is 4.66. The highest BCUT2D eigenvalue weighted by molar-refractivity contribution is 7.17. The van der Waals surface area contributed by atoms with Gasteiger partial charge < -0.3 is 10.6 Å². The summed E-state index contributed by atoms with van der Waals surface area (Å²) in [7, 11) is 1.90. The minimum Gasteiger partial charge on any atom is -0.347 e. The van der Waals surface area contributed by atoms with Crippen LogP contribution in [-0.4, -0.2) is 34.8 Å². The second-order valence-electron chi connectivity index (χ2n) is 6.73. The number of nitrogens with one attached hydrogen (secondary N) is 2. The first-order valence-electron chi connectivity index (χ1n) is 8.97. The average Bonchev–Trinajstić information content (AvgIpc) is 3.32. The average molecular weight is 437 g/mol. The van der Waals surface area contributed by atoms with Crippen LogP contribution in [0, 0.1) is 0 Å². The number of benzene rings is 1. The molecule has 1 amide bonds. The number of nitrogens with zero attached hydrogens (tertiary/aromatic N) is 2. The Morgan fingerprint density at radius 2 is 2.04 bits per heavy atom. The Balaban J connectivity index is 0.00000225. The lowest BCUT2D eigenvalue weighted by atomic mass is 9.86. The minimum absolute atomic E-state index is 0. The third kappa shape index (κ3) is 4.41. The Morgan fingerprint density at radius 3 is 2.75 bits per heavy atom. The van der Waals surface area contributed by atoms with Crippen molar-refractivity contribution in [1.29, 1.82) is 0 Å². The number of hydrogen-bond acceptors (Lipinski definition) is 4. The lowest BCUT2D eigenvalue weighted by Gasteiger charge is -2.33. The number of carbonyl (C=O) groups excluding carboxylic acids is 1. The molecule has 2 aromatic heterocycles. The highest BCUT2D eigenvalue weighted by Crippen LogP contribution is 2.29. The van der Waals surface area contributed by atoms with Crippen LogP contribution in [0.25, 0.3) is 10.6 Å². The normalized spacial score (nSPS) is 19.1. The maximum Gasteiger partial charge on any atom is 0.261 e. The van der Waals surface area contributed by atoms with Crippen molar-refractivity contribution in [3.63, 3.8) is 0 Å². The van der Waals surface area contributed by atoms with Crippen molar-refractivity contribution in [3.05, 3.63) is 64.1 Å². The fourth-order valence-electron chi connectivity index (χ4n) is 3.57. The van der Waals surface area contributed by atoms with Gasteiger partial charge in [0, 0.05) is 36.8 Å². The second kappa shape index (κ2) is 9.09. The quantitative estimate of drug-likeness (QED) is 0.646. The molecule has 1 aliphatic rings. The Bertz CT molecular complexity index is 938. The van der Waals surface area contributed by atoms with E-state index in [4.69, 9.17) is 11.6 Å². The van der Waals surface area contributed by atoms with Crippen molar-refractivity contribution in [2.24, 2.45) is 7.05 Å². The summed E-state index contributed by atoms with van der Waals surface area (Å²) in [6.45, 7) is 1.71. The molecule has 2 atom stereocenters. The zero-order chi connectivity index (χ0) is 18.8. The molecule has 148 valence electrons. The van der Waals surface area contributed by atoms with E-state index in [1.165, 1.54) is 16.9 Å². The number of piperidine rings is 1. The lowest BCUT2D eigenvalue weighted by molar-refractivity contribution is 0.0928. The number of aryl methyl sites for hydroxylation is 1. The molecule has 0 bridgehead atoms. The Morgan fingerprint density at radius 1 is 1.25 bits per heavy atom. The van der Waals surface area contributed by atoms with E-state index in [2.05, 4.69) is 27.9 Å². The zero-order valence-corrected chi connectivity index (χ0v) is 17.8. The molecule has 1 saturated heterocycles. The fraction of sp³-hybridized carbons (Fsp3) is 0.300. The number of rotatable bonds is 4. The third-order valence-corrected chi connectivity index (χ3v) is 6.36. The largest absolute Gasteiger partial charge is 0.347 e. The van der Waals surface area contributed by atoms with E-state index in [1.54, 1.807) is 6.20 Å². The van der Waals surface area contributed by atoms with Crippen molar-refractivity contribution < 1.29 is 4.79 Å². The number of hydrogen-bond donors (Lipinski definition) is 2. The van der Waals surface area contributed by atoms with E-state index in [9.17, 15) is 4.79 Å². The second-order valence-corrected chi connectivity index (χ2v) is 8.25. The molecule has 3 aromatic rings. The molecular weight excluding hydrogens is 415 g/mol. The van der Waals surface area contributed by atoms with Crippen molar-refractivity contribution >= 4 is 41.3 Å². The first-order chi connectivity index (χ1) is 13.1. The summed E-state index contributed by atoms with van der Waals surface area (Å²) in [5.41, 5.74) is 2.23. The van der Waals surface area contributed by atoms with Gasteiger partial charge >= 0.3 is 0 Å². The van der Waals surface area contributed by atoms with Gasteiger partial charge in [-0.2, -0.15) is 5.10 Å². The number of thiophene rings is 1. The molecule has 3 heterocycles. The molecule has 0 saturated carbocycles. The van der Waals surface area contributed by atoms with Crippen molar-refractivity contribution in [1.82, 2.24) is 20.4 Å². The van der Waals surface area contributed by atoms with Gasteiger partial charge in [0.2, 0.25) is 0 Å². The van der Waals surface area contributed by atoms with Gasteiger partial charge in [-0.25, -0.2) is 0 Å². The molecule has 0 radical (unpaired) electrons. The summed E-state index contributed by atoms with van der Waals surface area (Å²) >= 11 is 7.51. The van der Waals surface area contributed by atoms with E-state index < -0.39 is 0 Å². The van der Waals surface area contributed by atoms with Crippen molar-refractivity contribution in [2.45, 2.75) is 18.4 Å². The number of amides is 1. The maximum absolute atomic E-state index is 12.8. The highest BCUT2D eigenvalue weighted by atomic mass is 35.5. The van der Waals surface area contributed by atoms with Crippen LogP contribution in [0.1, 0.15) is 27.6 Å². The van der Waals surface area contributed by atoms with Crippen LogP contribution in [0.2, 0.25) is 5.02 Å². The van der Waals surface area contributed by atoms with Gasteiger partial charge in [0.1, 0.15) is 0 Å². The van der Waals surface area contributed by atoms with E-state index in [-0.39, 0.29) is 30.3 Å². The maximum atomic E-state index is 12.8. The molecule has 0 aliphatic carbocycles. The standard InChI is InChI=1S/C20H21ClN4OS.ClH/c1-25-17(9-11-23-25)18-6-7-19(27-18)20(26)24-16-12-22-10-8-15(16)13-2-4-14(21)5-3-13;/h2-7,9,11,15-16,22H,8,10,12H2,1H3,(H,24,26);1H/t15-,16+;/m0./s1.